The Labute approximate surface area is 130 Å². The molecule has 0 fully saturated rings. The second-order valence-corrected chi connectivity index (χ2v) is 4.90. The highest BCUT2D eigenvalue weighted by Gasteiger charge is 2.13. The largest absolute Gasteiger partial charge is 0.492 e. The number of imidazole rings is 2. The minimum atomic E-state index is -0.116. The summed E-state index contributed by atoms with van der Waals surface area (Å²) in [6, 6.07) is 13.8. The summed E-state index contributed by atoms with van der Waals surface area (Å²) in [5.41, 5.74) is 1.36. The molecular formula is C16H12N6O. The van der Waals surface area contributed by atoms with Crippen molar-refractivity contribution < 1.29 is 5.11 Å². The van der Waals surface area contributed by atoms with E-state index in [0.717, 1.165) is 16.3 Å². The summed E-state index contributed by atoms with van der Waals surface area (Å²) in [5, 5.41) is 20.1. The average molecular weight is 304 g/mol. The van der Waals surface area contributed by atoms with Gasteiger partial charge in [0.15, 0.2) is 0 Å². The minimum absolute atomic E-state index is 0.116. The predicted molar refractivity (Wildman–Crippen MR) is 86.0 cm³/mol. The maximum atomic E-state index is 10.1. The zero-order chi connectivity index (χ0) is 15.6. The normalized spacial score (nSPS) is 11.5. The molecule has 7 heteroatoms. The van der Waals surface area contributed by atoms with E-state index in [-0.39, 0.29) is 11.8 Å². The number of nitrogens with zero attached hydrogens (tertiary/aromatic N) is 4. The van der Waals surface area contributed by atoms with Gasteiger partial charge in [-0.25, -0.2) is 4.98 Å². The van der Waals surface area contributed by atoms with Gasteiger partial charge in [-0.1, -0.05) is 42.5 Å². The Morgan fingerprint density at radius 2 is 1.78 bits per heavy atom. The molecule has 2 aromatic carbocycles. The van der Waals surface area contributed by atoms with Crippen molar-refractivity contribution in [2.75, 3.05) is 0 Å². The number of rotatable bonds is 3. The Morgan fingerprint density at radius 1 is 0.957 bits per heavy atom. The third-order valence-corrected chi connectivity index (χ3v) is 3.45. The lowest BCUT2D eigenvalue weighted by molar-refractivity contribution is 0.459. The lowest BCUT2D eigenvalue weighted by Crippen LogP contribution is -1.81. The van der Waals surface area contributed by atoms with Crippen molar-refractivity contribution in [3.8, 4) is 17.1 Å². The highest BCUT2D eigenvalue weighted by molar-refractivity contribution is 5.96. The monoisotopic (exact) mass is 304 g/mol. The van der Waals surface area contributed by atoms with Gasteiger partial charge in [-0.2, -0.15) is 4.98 Å². The Bertz CT molecular complexity index is 982. The molecule has 0 unspecified atom stereocenters. The van der Waals surface area contributed by atoms with Crippen molar-refractivity contribution in [1.82, 2.24) is 19.9 Å². The molecule has 0 amide bonds. The Morgan fingerprint density at radius 3 is 2.65 bits per heavy atom. The van der Waals surface area contributed by atoms with Gasteiger partial charge in [0.2, 0.25) is 11.8 Å². The molecule has 0 radical (unpaired) electrons. The molecule has 4 aromatic rings. The summed E-state index contributed by atoms with van der Waals surface area (Å²) < 4.78 is 0. The summed E-state index contributed by atoms with van der Waals surface area (Å²) in [5.74, 6) is 0.462. The minimum Gasteiger partial charge on any atom is -0.492 e. The molecule has 0 aliphatic heterocycles. The van der Waals surface area contributed by atoms with E-state index < -0.39 is 0 Å². The van der Waals surface area contributed by atoms with E-state index in [9.17, 15) is 5.11 Å². The highest BCUT2D eigenvalue weighted by atomic mass is 16.3. The third-order valence-electron chi connectivity index (χ3n) is 3.45. The Hall–Kier alpha value is -3.48. The van der Waals surface area contributed by atoms with Crippen LogP contribution in [0.15, 0.2) is 65.1 Å². The van der Waals surface area contributed by atoms with Crippen LogP contribution in [-0.2, 0) is 0 Å². The van der Waals surface area contributed by atoms with Crippen LogP contribution in [0.3, 0.4) is 0 Å². The quantitative estimate of drug-likeness (QED) is 0.497. The van der Waals surface area contributed by atoms with Crippen LogP contribution in [0.1, 0.15) is 0 Å². The molecule has 3 N–H and O–H groups in total. The number of azo groups is 1. The fourth-order valence-electron chi connectivity index (χ4n) is 2.44. The number of aromatic amines is 2. The first-order valence-electron chi connectivity index (χ1n) is 6.99. The van der Waals surface area contributed by atoms with Crippen molar-refractivity contribution >= 4 is 22.7 Å². The van der Waals surface area contributed by atoms with E-state index >= 15 is 0 Å². The highest BCUT2D eigenvalue weighted by Crippen LogP contribution is 2.34. The van der Waals surface area contributed by atoms with Gasteiger partial charge in [0.25, 0.3) is 5.95 Å². The number of nitrogens with one attached hydrogen (secondary N) is 2. The first-order chi connectivity index (χ1) is 11.3. The SMILES string of the molecule is Oc1nc(N=Nc2ncc[nH]2)[nH]c1-c1cccc2ccccc12. The molecule has 0 saturated carbocycles. The van der Waals surface area contributed by atoms with Gasteiger partial charge in [-0.05, 0) is 10.8 Å². The molecule has 7 nitrogen and oxygen atoms in total. The number of fused-ring (bicyclic) bond motifs is 1. The second-order valence-electron chi connectivity index (χ2n) is 4.90. The molecule has 2 aromatic heterocycles. The zero-order valence-corrected chi connectivity index (χ0v) is 11.9. The van der Waals surface area contributed by atoms with Crippen LogP contribution in [0.25, 0.3) is 22.0 Å². The van der Waals surface area contributed by atoms with Gasteiger partial charge in [0, 0.05) is 18.0 Å². The average Bonchev–Trinajstić information content (AvgIpc) is 3.22. The molecular weight excluding hydrogens is 292 g/mol. The van der Waals surface area contributed by atoms with E-state index in [1.165, 1.54) is 0 Å². The number of benzene rings is 2. The van der Waals surface area contributed by atoms with Crippen LogP contribution >= 0.6 is 0 Å². The lowest BCUT2D eigenvalue weighted by atomic mass is 10.0. The van der Waals surface area contributed by atoms with Gasteiger partial charge < -0.3 is 15.1 Å². The van der Waals surface area contributed by atoms with Crippen LogP contribution in [-0.4, -0.2) is 25.0 Å². The molecule has 23 heavy (non-hydrogen) atoms. The van der Waals surface area contributed by atoms with Gasteiger partial charge >= 0.3 is 0 Å². The predicted octanol–water partition coefficient (Wildman–Crippen LogP) is 4.07. The summed E-state index contributed by atoms with van der Waals surface area (Å²) in [7, 11) is 0. The third kappa shape index (κ3) is 2.44. The summed E-state index contributed by atoms with van der Waals surface area (Å²) in [4.78, 5) is 13.7. The van der Waals surface area contributed by atoms with Crippen LogP contribution in [0.2, 0.25) is 0 Å². The van der Waals surface area contributed by atoms with Crippen molar-refractivity contribution in [2.45, 2.75) is 0 Å². The van der Waals surface area contributed by atoms with Crippen LogP contribution in [0, 0.1) is 0 Å². The number of aromatic nitrogens is 4. The Kier molecular flexibility index (Phi) is 3.09. The van der Waals surface area contributed by atoms with Crippen LogP contribution in [0.5, 0.6) is 5.88 Å². The van der Waals surface area contributed by atoms with Crippen molar-refractivity contribution in [3.05, 3.63) is 54.9 Å². The molecule has 0 aliphatic rings. The van der Waals surface area contributed by atoms with E-state index in [1.807, 2.05) is 42.5 Å². The number of hydrogen-bond acceptors (Lipinski definition) is 5. The van der Waals surface area contributed by atoms with Crippen LogP contribution < -0.4 is 0 Å². The first-order valence-corrected chi connectivity index (χ1v) is 6.99. The molecule has 0 aliphatic carbocycles. The summed E-state index contributed by atoms with van der Waals surface area (Å²) in [6.07, 6.45) is 3.23. The fraction of sp³-hybridized carbons (Fsp3) is 0. The Balaban J connectivity index is 1.77. The second kappa shape index (κ2) is 5.38. The maximum Gasteiger partial charge on any atom is 0.250 e. The van der Waals surface area contributed by atoms with E-state index in [0.29, 0.717) is 11.6 Å². The van der Waals surface area contributed by atoms with Crippen molar-refractivity contribution in [2.24, 2.45) is 10.2 Å². The molecule has 0 bridgehead atoms. The number of hydrogen-bond donors (Lipinski definition) is 3. The molecule has 4 rings (SSSR count). The molecule has 112 valence electrons. The van der Waals surface area contributed by atoms with Gasteiger partial charge in [0.05, 0.1) is 0 Å². The summed E-state index contributed by atoms with van der Waals surface area (Å²) in [6.45, 7) is 0. The van der Waals surface area contributed by atoms with Gasteiger partial charge in [0.1, 0.15) is 5.69 Å². The number of aromatic hydroxyl groups is 1. The maximum absolute atomic E-state index is 10.1. The van der Waals surface area contributed by atoms with Gasteiger partial charge in [-0.15, -0.1) is 10.2 Å². The van der Waals surface area contributed by atoms with E-state index in [2.05, 4.69) is 30.2 Å². The molecule has 0 saturated heterocycles. The number of H-pyrrole nitrogens is 2. The molecule has 0 atom stereocenters. The first kappa shape index (κ1) is 13.2. The standard InChI is InChI=1S/C16H12N6O/c23-14-13(12-7-3-5-10-4-1-2-6-11(10)12)19-16(20-14)22-21-15-17-8-9-18-15/h1-9,23H,(H,17,18)(H,19,20). The van der Waals surface area contributed by atoms with Crippen LogP contribution in [0.4, 0.5) is 11.9 Å². The lowest BCUT2D eigenvalue weighted by Gasteiger charge is -2.04. The molecule has 0 spiro atoms. The van der Waals surface area contributed by atoms with E-state index in [4.69, 9.17) is 0 Å². The zero-order valence-electron chi connectivity index (χ0n) is 11.9. The fourth-order valence-corrected chi connectivity index (χ4v) is 2.44. The van der Waals surface area contributed by atoms with Crippen molar-refractivity contribution in [1.29, 1.82) is 0 Å². The smallest absolute Gasteiger partial charge is 0.250 e. The molecule has 2 heterocycles. The van der Waals surface area contributed by atoms with Gasteiger partial charge in [-0.3, -0.25) is 0 Å². The van der Waals surface area contributed by atoms with Crippen molar-refractivity contribution in [3.63, 3.8) is 0 Å². The topological polar surface area (TPSA) is 102 Å². The summed E-state index contributed by atoms with van der Waals surface area (Å²) >= 11 is 0. The van der Waals surface area contributed by atoms with E-state index in [1.54, 1.807) is 12.4 Å².